The maximum absolute atomic E-state index is 9.90. The number of halogens is 2. The van der Waals surface area contributed by atoms with Gasteiger partial charge in [-0.3, -0.25) is 0 Å². The molecule has 1 aromatic rings. The molecular weight excluding hydrogens is 271 g/mol. The second-order valence-electron chi connectivity index (χ2n) is 4.76. The van der Waals surface area contributed by atoms with Crippen LogP contribution in [0.4, 0.5) is 0 Å². The van der Waals surface area contributed by atoms with Gasteiger partial charge in [-0.15, -0.1) is 0 Å². The highest BCUT2D eigenvalue weighted by molar-refractivity contribution is 6.34. The van der Waals surface area contributed by atoms with Gasteiger partial charge in [0.1, 0.15) is 0 Å². The summed E-state index contributed by atoms with van der Waals surface area (Å²) in [5.74, 6) is 0.0997. The van der Waals surface area contributed by atoms with Crippen molar-refractivity contribution < 1.29 is 10.2 Å². The fraction of sp³-hybridized carbons (Fsp3) is 0.571. The van der Waals surface area contributed by atoms with Gasteiger partial charge in [0.05, 0.1) is 12.2 Å². The van der Waals surface area contributed by atoms with E-state index in [1.807, 2.05) is 26.0 Å². The van der Waals surface area contributed by atoms with Crippen molar-refractivity contribution >= 4 is 23.2 Å². The van der Waals surface area contributed by atoms with E-state index < -0.39 is 12.2 Å². The molecule has 18 heavy (non-hydrogen) atoms. The summed E-state index contributed by atoms with van der Waals surface area (Å²) in [7, 11) is 0. The maximum atomic E-state index is 9.90. The quantitative estimate of drug-likeness (QED) is 0.831. The van der Waals surface area contributed by atoms with E-state index in [9.17, 15) is 10.2 Å². The molecule has 0 heterocycles. The average molecular weight is 291 g/mol. The third-order valence-corrected chi connectivity index (χ3v) is 3.51. The minimum absolute atomic E-state index is 0.0997. The van der Waals surface area contributed by atoms with Gasteiger partial charge in [-0.2, -0.15) is 0 Å². The van der Waals surface area contributed by atoms with E-state index in [1.54, 1.807) is 6.07 Å². The zero-order valence-electron chi connectivity index (χ0n) is 10.7. The summed E-state index contributed by atoms with van der Waals surface area (Å²) in [5, 5.41) is 20.8. The van der Waals surface area contributed by atoms with E-state index in [0.29, 0.717) is 22.9 Å². The molecule has 2 N–H and O–H groups in total. The standard InChI is InChI=1S/C14H20Cl2O2/c1-3-4-13(17)14(18)5-9(2)10-6-11(15)8-12(16)7-10/h6-9,13-14,17-18H,3-5H2,1-2H3. The summed E-state index contributed by atoms with van der Waals surface area (Å²) in [5.41, 5.74) is 0.982. The third kappa shape index (κ3) is 4.77. The molecule has 0 saturated carbocycles. The SMILES string of the molecule is CCCC(O)C(O)CC(C)c1cc(Cl)cc(Cl)c1. The molecule has 0 radical (unpaired) electrons. The van der Waals surface area contributed by atoms with Crippen LogP contribution >= 0.6 is 23.2 Å². The first-order chi connectivity index (χ1) is 8.43. The van der Waals surface area contributed by atoms with Gasteiger partial charge in [-0.25, -0.2) is 0 Å². The zero-order chi connectivity index (χ0) is 13.7. The summed E-state index contributed by atoms with van der Waals surface area (Å²) in [6.45, 7) is 3.97. The van der Waals surface area contributed by atoms with Crippen molar-refractivity contribution in [3.8, 4) is 0 Å². The van der Waals surface area contributed by atoms with Crippen LogP contribution < -0.4 is 0 Å². The van der Waals surface area contributed by atoms with Crippen LogP contribution in [0.15, 0.2) is 18.2 Å². The van der Waals surface area contributed by atoms with Gasteiger partial charge in [0.2, 0.25) is 0 Å². The van der Waals surface area contributed by atoms with Crippen LogP contribution in [-0.4, -0.2) is 22.4 Å². The van der Waals surface area contributed by atoms with E-state index in [1.165, 1.54) is 0 Å². The second-order valence-corrected chi connectivity index (χ2v) is 5.64. The van der Waals surface area contributed by atoms with Gasteiger partial charge in [0, 0.05) is 10.0 Å². The lowest BCUT2D eigenvalue weighted by atomic mass is 9.92. The lowest BCUT2D eigenvalue weighted by Crippen LogP contribution is -2.27. The van der Waals surface area contributed by atoms with E-state index in [2.05, 4.69) is 0 Å². The first kappa shape index (κ1) is 15.8. The zero-order valence-corrected chi connectivity index (χ0v) is 12.2. The molecule has 0 aliphatic carbocycles. The fourth-order valence-corrected chi connectivity index (χ4v) is 2.55. The molecule has 0 aromatic heterocycles. The van der Waals surface area contributed by atoms with E-state index >= 15 is 0 Å². The maximum Gasteiger partial charge on any atom is 0.0804 e. The minimum atomic E-state index is -0.710. The predicted molar refractivity (Wildman–Crippen MR) is 76.4 cm³/mol. The first-order valence-corrected chi connectivity index (χ1v) is 7.01. The molecule has 4 heteroatoms. The molecule has 0 aliphatic heterocycles. The van der Waals surface area contributed by atoms with Crippen LogP contribution in [-0.2, 0) is 0 Å². The Kier molecular flexibility index (Phi) is 6.44. The number of rotatable bonds is 6. The number of hydrogen-bond acceptors (Lipinski definition) is 2. The topological polar surface area (TPSA) is 40.5 Å². The molecule has 3 unspecified atom stereocenters. The van der Waals surface area contributed by atoms with Gasteiger partial charge in [0.25, 0.3) is 0 Å². The van der Waals surface area contributed by atoms with Crippen molar-refractivity contribution in [3.05, 3.63) is 33.8 Å². The van der Waals surface area contributed by atoms with Gasteiger partial charge in [0.15, 0.2) is 0 Å². The van der Waals surface area contributed by atoms with Crippen molar-refractivity contribution in [2.24, 2.45) is 0 Å². The second kappa shape index (κ2) is 7.34. The first-order valence-electron chi connectivity index (χ1n) is 6.26. The monoisotopic (exact) mass is 290 g/mol. The Labute approximate surface area is 119 Å². The molecule has 2 nitrogen and oxygen atoms in total. The molecule has 0 bridgehead atoms. The van der Waals surface area contributed by atoms with Gasteiger partial charge >= 0.3 is 0 Å². The number of aliphatic hydroxyl groups is 2. The van der Waals surface area contributed by atoms with Crippen molar-refractivity contribution in [2.75, 3.05) is 0 Å². The highest BCUT2D eigenvalue weighted by atomic mass is 35.5. The summed E-state index contributed by atoms with van der Waals surface area (Å²) in [6.07, 6.45) is 0.599. The summed E-state index contributed by atoms with van der Waals surface area (Å²) in [6, 6.07) is 5.37. The molecule has 0 aliphatic rings. The van der Waals surface area contributed by atoms with Crippen LogP contribution in [0.2, 0.25) is 10.0 Å². The number of benzene rings is 1. The van der Waals surface area contributed by atoms with E-state index in [4.69, 9.17) is 23.2 Å². The smallest absolute Gasteiger partial charge is 0.0804 e. The summed E-state index contributed by atoms with van der Waals surface area (Å²) in [4.78, 5) is 0. The van der Waals surface area contributed by atoms with Crippen LogP contribution in [0.5, 0.6) is 0 Å². The molecule has 0 fully saturated rings. The number of hydrogen-bond donors (Lipinski definition) is 2. The Hall–Kier alpha value is -0.280. The Bertz CT molecular complexity index is 362. The van der Waals surface area contributed by atoms with Crippen LogP contribution in [0, 0.1) is 0 Å². The Balaban J connectivity index is 2.66. The highest BCUT2D eigenvalue weighted by Gasteiger charge is 2.19. The van der Waals surface area contributed by atoms with E-state index in [-0.39, 0.29) is 5.92 Å². The van der Waals surface area contributed by atoms with Crippen molar-refractivity contribution in [1.29, 1.82) is 0 Å². The summed E-state index contributed by atoms with van der Waals surface area (Å²) >= 11 is 11.9. The Morgan fingerprint density at radius 1 is 1.06 bits per heavy atom. The molecule has 0 amide bonds. The van der Waals surface area contributed by atoms with Gasteiger partial charge < -0.3 is 10.2 Å². The molecule has 3 atom stereocenters. The van der Waals surface area contributed by atoms with Crippen LogP contribution in [0.25, 0.3) is 0 Å². The molecule has 102 valence electrons. The third-order valence-electron chi connectivity index (χ3n) is 3.08. The molecule has 1 rings (SSSR count). The average Bonchev–Trinajstić information content (AvgIpc) is 2.27. The van der Waals surface area contributed by atoms with Gasteiger partial charge in [-0.05, 0) is 42.5 Å². The highest BCUT2D eigenvalue weighted by Crippen LogP contribution is 2.28. The summed E-state index contributed by atoms with van der Waals surface area (Å²) < 4.78 is 0. The normalized spacial score (nSPS) is 16.3. The van der Waals surface area contributed by atoms with E-state index in [0.717, 1.165) is 12.0 Å². The van der Waals surface area contributed by atoms with Crippen molar-refractivity contribution in [1.82, 2.24) is 0 Å². The fourth-order valence-electron chi connectivity index (χ4n) is 2.00. The van der Waals surface area contributed by atoms with Gasteiger partial charge in [-0.1, -0.05) is 43.5 Å². The van der Waals surface area contributed by atoms with Crippen LogP contribution in [0.3, 0.4) is 0 Å². The Morgan fingerprint density at radius 2 is 1.61 bits per heavy atom. The largest absolute Gasteiger partial charge is 0.390 e. The van der Waals surface area contributed by atoms with Crippen molar-refractivity contribution in [2.45, 2.75) is 51.2 Å². The minimum Gasteiger partial charge on any atom is -0.390 e. The molecular formula is C14H20Cl2O2. The van der Waals surface area contributed by atoms with Crippen LogP contribution in [0.1, 0.15) is 44.6 Å². The predicted octanol–water partition coefficient (Wildman–Crippen LogP) is 4.01. The molecule has 0 spiro atoms. The lowest BCUT2D eigenvalue weighted by molar-refractivity contribution is 0.00638. The Morgan fingerprint density at radius 3 is 2.11 bits per heavy atom. The lowest BCUT2D eigenvalue weighted by Gasteiger charge is -2.21. The molecule has 1 aromatic carbocycles. The van der Waals surface area contributed by atoms with Crippen molar-refractivity contribution in [3.63, 3.8) is 0 Å². The molecule has 0 saturated heterocycles. The number of aliphatic hydroxyl groups excluding tert-OH is 2.